The third-order valence-electron chi connectivity index (χ3n) is 7.65. The van der Waals surface area contributed by atoms with Gasteiger partial charge in [-0.2, -0.15) is 9.61 Å². The maximum atomic E-state index is 11.2. The van der Waals surface area contributed by atoms with Gasteiger partial charge in [-0.15, -0.1) is 0 Å². The fourth-order valence-electron chi connectivity index (χ4n) is 5.55. The summed E-state index contributed by atoms with van der Waals surface area (Å²) in [5.41, 5.74) is 13.1. The molecule has 36 heavy (non-hydrogen) atoms. The van der Waals surface area contributed by atoms with Crippen LogP contribution >= 0.6 is 0 Å². The number of fused-ring (bicyclic) bond motifs is 1. The molecule has 1 saturated carbocycles. The average Bonchev–Trinajstić information content (AvgIpc) is 3.37. The van der Waals surface area contributed by atoms with Gasteiger partial charge in [0.05, 0.1) is 31.6 Å². The lowest BCUT2D eigenvalue weighted by atomic mass is 9.79. The summed E-state index contributed by atoms with van der Waals surface area (Å²) in [6.45, 7) is 2.02. The number of allylic oxidation sites excluding steroid dienone is 1. The summed E-state index contributed by atoms with van der Waals surface area (Å²) in [6, 6.07) is 5.80. The number of anilines is 1. The second kappa shape index (κ2) is 10.2. The molecular weight excluding hydrogens is 454 g/mol. The molecule has 1 aromatic carbocycles. The minimum atomic E-state index is -0.0805. The number of nitrogens with zero attached hydrogens (tertiary/aromatic N) is 4. The number of dihydropyridines is 1. The zero-order valence-corrected chi connectivity index (χ0v) is 20.9. The third-order valence-corrected chi connectivity index (χ3v) is 7.65. The van der Waals surface area contributed by atoms with Crippen LogP contribution in [0.15, 0.2) is 35.5 Å². The fraction of sp³-hybridized carbons (Fsp3) is 0.429. The van der Waals surface area contributed by atoms with E-state index in [1.54, 1.807) is 11.6 Å². The predicted molar refractivity (Wildman–Crippen MR) is 140 cm³/mol. The Hall–Kier alpha value is -3.52. The molecule has 3 aromatic rings. The van der Waals surface area contributed by atoms with Crippen LogP contribution in [-0.2, 0) is 17.8 Å². The Bertz CT molecular complexity index is 1330. The van der Waals surface area contributed by atoms with Crippen LogP contribution in [0.25, 0.3) is 11.2 Å². The summed E-state index contributed by atoms with van der Waals surface area (Å²) in [5.74, 6) is 1.78. The van der Waals surface area contributed by atoms with E-state index in [9.17, 15) is 9.90 Å². The second-order valence-electron chi connectivity index (χ2n) is 9.67. The first-order valence-electron chi connectivity index (χ1n) is 12.7. The topological polar surface area (TPSA) is 115 Å². The summed E-state index contributed by atoms with van der Waals surface area (Å²) in [4.78, 5) is 21.2. The molecule has 5 rings (SSSR count). The molecule has 0 bridgehead atoms. The lowest BCUT2D eigenvalue weighted by Crippen LogP contribution is -2.18. The Morgan fingerprint density at radius 3 is 2.69 bits per heavy atom. The molecule has 2 aromatic heterocycles. The van der Waals surface area contributed by atoms with E-state index in [1.165, 1.54) is 0 Å². The van der Waals surface area contributed by atoms with E-state index in [2.05, 4.69) is 18.1 Å². The predicted octanol–water partition coefficient (Wildman–Crippen LogP) is 4.45. The van der Waals surface area contributed by atoms with Crippen molar-refractivity contribution in [2.75, 3.05) is 12.8 Å². The summed E-state index contributed by atoms with van der Waals surface area (Å²) in [7, 11) is 1.60. The normalized spacial score (nSPS) is 22.0. The van der Waals surface area contributed by atoms with Crippen molar-refractivity contribution < 1.29 is 14.6 Å². The van der Waals surface area contributed by atoms with E-state index >= 15 is 0 Å². The van der Waals surface area contributed by atoms with Gasteiger partial charge in [0.2, 0.25) is 0 Å². The van der Waals surface area contributed by atoms with Crippen molar-refractivity contribution in [1.29, 1.82) is 0 Å². The van der Waals surface area contributed by atoms with Gasteiger partial charge < -0.3 is 20.4 Å². The van der Waals surface area contributed by atoms with Gasteiger partial charge in [0.25, 0.3) is 0 Å². The standard InChI is InChI=1S/C28H33N5O3/c1-3-22-26(18-6-4-17(15-34)5-7-18)32-28-23(14-31-33(28)27(22)29)20-8-10-24(30-13-20)19-9-11-25(36-2)21(12-19)16-35/h8-9,11-15,17-18,24,35H,3-7,10,16,29H2,1-2H3. The van der Waals surface area contributed by atoms with Crippen LogP contribution in [0.4, 0.5) is 5.82 Å². The van der Waals surface area contributed by atoms with Crippen LogP contribution in [0.5, 0.6) is 5.75 Å². The molecule has 8 nitrogen and oxygen atoms in total. The van der Waals surface area contributed by atoms with Crippen molar-refractivity contribution in [3.05, 3.63) is 58.4 Å². The molecule has 0 saturated heterocycles. The molecule has 1 unspecified atom stereocenters. The minimum Gasteiger partial charge on any atom is -0.496 e. The molecular formula is C28H33N5O3. The molecule has 2 aliphatic rings. The summed E-state index contributed by atoms with van der Waals surface area (Å²) in [5, 5.41) is 14.2. The Balaban J connectivity index is 1.45. The molecule has 188 valence electrons. The van der Waals surface area contributed by atoms with Gasteiger partial charge in [-0.3, -0.25) is 4.99 Å². The Morgan fingerprint density at radius 1 is 1.25 bits per heavy atom. The smallest absolute Gasteiger partial charge is 0.165 e. The number of benzene rings is 1. The number of rotatable bonds is 7. The van der Waals surface area contributed by atoms with E-state index < -0.39 is 0 Å². The maximum Gasteiger partial charge on any atom is 0.165 e. The van der Waals surface area contributed by atoms with Crippen LogP contribution in [0.1, 0.15) is 78.9 Å². The summed E-state index contributed by atoms with van der Waals surface area (Å²) in [6.07, 6.45) is 12.2. The number of nitrogen functional groups attached to an aromatic ring is 1. The number of aliphatic hydroxyl groups is 1. The first kappa shape index (κ1) is 24.2. The monoisotopic (exact) mass is 487 g/mol. The van der Waals surface area contributed by atoms with E-state index in [-0.39, 0.29) is 18.6 Å². The molecule has 0 radical (unpaired) electrons. The first-order chi connectivity index (χ1) is 17.6. The van der Waals surface area contributed by atoms with E-state index in [0.717, 1.165) is 84.0 Å². The molecule has 3 heterocycles. The highest BCUT2D eigenvalue weighted by Gasteiger charge is 2.27. The van der Waals surface area contributed by atoms with Gasteiger partial charge in [-0.05, 0) is 56.2 Å². The molecule has 1 fully saturated rings. The zero-order chi connectivity index (χ0) is 25.2. The Kier molecular flexibility index (Phi) is 6.87. The number of aliphatic imine (C=N–C) groups is 1. The average molecular weight is 488 g/mol. The minimum absolute atomic E-state index is 0.0277. The van der Waals surface area contributed by atoms with E-state index in [4.69, 9.17) is 20.4 Å². The van der Waals surface area contributed by atoms with Gasteiger partial charge >= 0.3 is 0 Å². The number of aromatic nitrogens is 3. The SMILES string of the molecule is CCc1c(C2CCC(C=O)CC2)nc2c(C3=CCC(c4ccc(OC)c(CO)c4)N=C3)cnn2c1N. The van der Waals surface area contributed by atoms with Gasteiger partial charge in [-0.1, -0.05) is 19.1 Å². The summed E-state index contributed by atoms with van der Waals surface area (Å²) < 4.78 is 7.07. The zero-order valence-electron chi connectivity index (χ0n) is 20.9. The number of nitrogens with two attached hydrogens (primary N) is 1. The highest BCUT2D eigenvalue weighted by atomic mass is 16.5. The molecule has 1 atom stereocenters. The number of carbonyl (C=O) groups excluding carboxylic acids is 1. The number of carbonyl (C=O) groups is 1. The number of aldehydes is 1. The lowest BCUT2D eigenvalue weighted by Gasteiger charge is -2.27. The van der Waals surface area contributed by atoms with Gasteiger partial charge in [0, 0.05) is 40.3 Å². The fourth-order valence-corrected chi connectivity index (χ4v) is 5.55. The van der Waals surface area contributed by atoms with Crippen molar-refractivity contribution in [2.24, 2.45) is 10.9 Å². The van der Waals surface area contributed by atoms with Gasteiger partial charge in [0.1, 0.15) is 17.9 Å². The highest BCUT2D eigenvalue weighted by molar-refractivity contribution is 6.12. The maximum absolute atomic E-state index is 11.2. The van der Waals surface area contributed by atoms with Gasteiger partial charge in [0.15, 0.2) is 5.65 Å². The van der Waals surface area contributed by atoms with Gasteiger partial charge in [-0.25, -0.2) is 4.98 Å². The molecule has 3 N–H and O–H groups in total. The summed E-state index contributed by atoms with van der Waals surface area (Å²) >= 11 is 0. The van der Waals surface area contributed by atoms with Crippen LogP contribution in [0, 0.1) is 5.92 Å². The van der Waals surface area contributed by atoms with Crippen LogP contribution in [0.3, 0.4) is 0 Å². The highest BCUT2D eigenvalue weighted by Crippen LogP contribution is 2.38. The number of aliphatic hydroxyl groups excluding tert-OH is 1. The van der Waals surface area contributed by atoms with Crippen molar-refractivity contribution in [1.82, 2.24) is 14.6 Å². The van der Waals surface area contributed by atoms with Crippen LogP contribution in [0.2, 0.25) is 0 Å². The molecule has 0 spiro atoms. The number of methoxy groups -OCH3 is 1. The third kappa shape index (κ3) is 4.30. The molecule has 1 aliphatic carbocycles. The Morgan fingerprint density at radius 2 is 2.06 bits per heavy atom. The largest absolute Gasteiger partial charge is 0.496 e. The molecule has 8 heteroatoms. The molecule has 0 amide bonds. The number of ether oxygens (including phenoxy) is 1. The number of hydrogen-bond acceptors (Lipinski definition) is 7. The molecule has 1 aliphatic heterocycles. The quantitative estimate of drug-likeness (QED) is 0.476. The van der Waals surface area contributed by atoms with Crippen LogP contribution in [-0.4, -0.2) is 39.3 Å². The van der Waals surface area contributed by atoms with Crippen molar-refractivity contribution in [2.45, 2.75) is 64.0 Å². The van der Waals surface area contributed by atoms with E-state index in [1.807, 2.05) is 30.6 Å². The Labute approximate surface area is 210 Å². The first-order valence-corrected chi connectivity index (χ1v) is 12.7. The van der Waals surface area contributed by atoms with Crippen molar-refractivity contribution >= 4 is 29.5 Å². The van der Waals surface area contributed by atoms with Crippen molar-refractivity contribution in [3.8, 4) is 5.75 Å². The van der Waals surface area contributed by atoms with E-state index in [0.29, 0.717) is 17.5 Å². The second-order valence-corrected chi connectivity index (χ2v) is 9.67. The van der Waals surface area contributed by atoms with Crippen LogP contribution < -0.4 is 10.5 Å². The number of hydrogen-bond donors (Lipinski definition) is 2. The van der Waals surface area contributed by atoms with Crippen molar-refractivity contribution in [3.63, 3.8) is 0 Å². The lowest BCUT2D eigenvalue weighted by molar-refractivity contribution is -0.111.